The number of carbonyl (C=O) groups is 1. The number of hydrogen-bond donors (Lipinski definition) is 1. The highest BCUT2D eigenvalue weighted by Crippen LogP contribution is 2.34. The summed E-state index contributed by atoms with van der Waals surface area (Å²) >= 11 is 11.6. The number of amides is 1. The van der Waals surface area contributed by atoms with Gasteiger partial charge in [0, 0.05) is 13.3 Å². The van der Waals surface area contributed by atoms with E-state index >= 15 is 0 Å². The fraction of sp³-hybridized carbons (Fsp3) is 0.182. The van der Waals surface area contributed by atoms with Crippen molar-refractivity contribution in [2.75, 3.05) is 11.6 Å². The van der Waals surface area contributed by atoms with Gasteiger partial charge in [-0.1, -0.05) is 23.2 Å². The van der Waals surface area contributed by atoms with Crippen molar-refractivity contribution in [3.8, 4) is 0 Å². The van der Waals surface area contributed by atoms with Crippen LogP contribution in [0.1, 0.15) is 10.4 Å². The number of anilines is 1. The molecule has 11 heteroatoms. The van der Waals surface area contributed by atoms with Crippen LogP contribution in [0.5, 0.6) is 0 Å². The minimum atomic E-state index is -3.85. The molecule has 0 saturated carbocycles. The molecule has 0 unspecified atom stereocenters. The molecule has 0 aliphatic carbocycles. The Kier molecular flexibility index (Phi) is 4.41. The van der Waals surface area contributed by atoms with Crippen LogP contribution in [0.15, 0.2) is 17.3 Å². The van der Waals surface area contributed by atoms with Gasteiger partial charge < -0.3 is 0 Å². The van der Waals surface area contributed by atoms with Gasteiger partial charge in [-0.05, 0) is 6.07 Å². The van der Waals surface area contributed by atoms with Gasteiger partial charge >= 0.3 is 0 Å². The molecule has 1 aromatic heterocycles. The predicted molar refractivity (Wildman–Crippen MR) is 78.5 cm³/mol. The van der Waals surface area contributed by atoms with E-state index in [1.807, 2.05) is 0 Å². The lowest BCUT2D eigenvalue weighted by Crippen LogP contribution is -2.18. The van der Waals surface area contributed by atoms with Crippen LogP contribution in [-0.2, 0) is 16.9 Å². The fourth-order valence-electron chi connectivity index (χ4n) is 1.69. The fourth-order valence-corrected chi connectivity index (χ4v) is 3.89. The van der Waals surface area contributed by atoms with E-state index in [1.165, 1.54) is 18.1 Å². The van der Waals surface area contributed by atoms with Crippen LogP contribution in [-0.4, -0.2) is 35.3 Å². The maximum absolute atomic E-state index is 14.0. The Morgan fingerprint density at radius 1 is 1.41 bits per heavy atom. The van der Waals surface area contributed by atoms with Gasteiger partial charge in [0.2, 0.25) is 5.95 Å². The van der Waals surface area contributed by atoms with Gasteiger partial charge in [0.25, 0.3) is 5.91 Å². The van der Waals surface area contributed by atoms with Gasteiger partial charge in [-0.2, -0.15) is 10.1 Å². The maximum atomic E-state index is 14.0. The van der Waals surface area contributed by atoms with E-state index < -0.39 is 42.1 Å². The molecule has 0 saturated heterocycles. The van der Waals surface area contributed by atoms with Crippen molar-refractivity contribution in [1.82, 2.24) is 14.8 Å². The molecule has 7 nitrogen and oxygen atoms in total. The van der Waals surface area contributed by atoms with Gasteiger partial charge in [0.15, 0.2) is 9.84 Å². The van der Waals surface area contributed by atoms with Crippen LogP contribution < -0.4 is 5.32 Å². The summed E-state index contributed by atoms with van der Waals surface area (Å²) < 4.78 is 38.6. The molecule has 1 heterocycles. The third kappa shape index (κ3) is 3.06. The zero-order valence-electron chi connectivity index (χ0n) is 11.3. The Morgan fingerprint density at radius 2 is 2.05 bits per heavy atom. The van der Waals surface area contributed by atoms with Crippen LogP contribution >= 0.6 is 23.2 Å². The molecule has 0 aliphatic heterocycles. The summed E-state index contributed by atoms with van der Waals surface area (Å²) in [6, 6.07) is 0.718. The van der Waals surface area contributed by atoms with Crippen LogP contribution in [0, 0.1) is 5.82 Å². The number of aromatic nitrogens is 3. The average molecular weight is 367 g/mol. The predicted octanol–water partition coefficient (Wildman–Crippen LogP) is 1.92. The minimum Gasteiger partial charge on any atom is -0.290 e. The quantitative estimate of drug-likeness (QED) is 0.837. The molecule has 2 aromatic rings. The Balaban J connectivity index is 2.56. The second-order valence-corrected chi connectivity index (χ2v) is 7.03. The van der Waals surface area contributed by atoms with Crippen LogP contribution in [0.25, 0.3) is 0 Å². The Hall–Kier alpha value is -1.71. The summed E-state index contributed by atoms with van der Waals surface area (Å²) in [6.45, 7) is 0. The normalized spacial score (nSPS) is 11.5. The first-order chi connectivity index (χ1) is 10.1. The van der Waals surface area contributed by atoms with Crippen molar-refractivity contribution in [2.45, 2.75) is 4.90 Å². The minimum absolute atomic E-state index is 0.0383. The number of aryl methyl sites for hydroxylation is 1. The number of rotatable bonds is 3. The standard InChI is InChI=1S/C11H9Cl2FN4O3S/c1-18-11(15-4-16-18)17-10(19)7-6(14)3-5(12)9(8(7)13)22(2,20)21/h3-4H,1-2H3,(H,15,16,17,19). The maximum Gasteiger partial charge on any atom is 0.262 e. The molecule has 0 aliphatic rings. The number of carbonyl (C=O) groups excluding carboxylic acids is 1. The number of sulfone groups is 1. The summed E-state index contributed by atoms with van der Waals surface area (Å²) in [6.07, 6.45) is 2.03. The lowest BCUT2D eigenvalue weighted by Gasteiger charge is -2.11. The summed E-state index contributed by atoms with van der Waals surface area (Å²) in [7, 11) is -2.35. The lowest BCUT2D eigenvalue weighted by atomic mass is 10.2. The highest BCUT2D eigenvalue weighted by atomic mass is 35.5. The topological polar surface area (TPSA) is 93.9 Å². The van der Waals surface area contributed by atoms with E-state index in [2.05, 4.69) is 15.4 Å². The monoisotopic (exact) mass is 366 g/mol. The summed E-state index contributed by atoms with van der Waals surface area (Å²) in [4.78, 5) is 15.4. The van der Waals surface area contributed by atoms with E-state index in [4.69, 9.17) is 23.2 Å². The van der Waals surface area contributed by atoms with Crippen molar-refractivity contribution in [2.24, 2.45) is 7.05 Å². The highest BCUT2D eigenvalue weighted by Gasteiger charge is 2.27. The summed E-state index contributed by atoms with van der Waals surface area (Å²) in [5.74, 6) is -1.99. The molecule has 0 atom stereocenters. The number of nitrogens with zero attached hydrogens (tertiary/aromatic N) is 3. The molecule has 118 valence electrons. The van der Waals surface area contributed by atoms with Gasteiger partial charge in [0.05, 0.1) is 15.6 Å². The second-order valence-electron chi connectivity index (χ2n) is 4.29. The van der Waals surface area contributed by atoms with Gasteiger partial charge in [0.1, 0.15) is 17.0 Å². The lowest BCUT2D eigenvalue weighted by molar-refractivity contribution is 0.102. The van der Waals surface area contributed by atoms with Crippen LogP contribution in [0.2, 0.25) is 10.0 Å². The van der Waals surface area contributed by atoms with Crippen molar-refractivity contribution < 1.29 is 17.6 Å². The Morgan fingerprint density at radius 3 is 2.55 bits per heavy atom. The van der Waals surface area contributed by atoms with Gasteiger partial charge in [-0.25, -0.2) is 17.5 Å². The van der Waals surface area contributed by atoms with E-state index in [0.29, 0.717) is 0 Å². The molecular formula is C11H9Cl2FN4O3S. The molecule has 0 spiro atoms. The number of benzene rings is 1. The van der Waals surface area contributed by atoms with E-state index in [-0.39, 0.29) is 5.95 Å². The van der Waals surface area contributed by atoms with Crippen molar-refractivity contribution in [3.63, 3.8) is 0 Å². The summed E-state index contributed by atoms with van der Waals surface area (Å²) in [5.41, 5.74) is -0.644. The van der Waals surface area contributed by atoms with Crippen molar-refractivity contribution in [3.05, 3.63) is 33.8 Å². The zero-order chi connectivity index (χ0) is 16.7. The first-order valence-corrected chi connectivity index (χ1v) is 8.30. The van der Waals surface area contributed by atoms with Crippen LogP contribution in [0.4, 0.5) is 10.3 Å². The molecule has 22 heavy (non-hydrogen) atoms. The molecule has 2 rings (SSSR count). The number of hydrogen-bond acceptors (Lipinski definition) is 5. The third-order valence-corrected chi connectivity index (χ3v) is 4.73. The SMILES string of the molecule is Cn1ncnc1NC(=O)c1c(F)cc(Cl)c(S(C)(=O)=O)c1Cl. The summed E-state index contributed by atoms with van der Waals surface area (Å²) in [5, 5.41) is 5.01. The van der Waals surface area contributed by atoms with Crippen LogP contribution in [0.3, 0.4) is 0 Å². The number of nitrogens with one attached hydrogen (secondary N) is 1. The van der Waals surface area contributed by atoms with Crippen molar-refractivity contribution in [1.29, 1.82) is 0 Å². The largest absolute Gasteiger partial charge is 0.290 e. The first-order valence-electron chi connectivity index (χ1n) is 5.65. The van der Waals surface area contributed by atoms with Gasteiger partial charge in [-0.3, -0.25) is 10.1 Å². The molecule has 1 aromatic carbocycles. The molecular weight excluding hydrogens is 358 g/mol. The highest BCUT2D eigenvalue weighted by molar-refractivity contribution is 7.91. The van der Waals surface area contributed by atoms with E-state index in [0.717, 1.165) is 12.3 Å². The number of halogens is 3. The molecule has 0 bridgehead atoms. The van der Waals surface area contributed by atoms with Gasteiger partial charge in [-0.15, -0.1) is 0 Å². The first kappa shape index (κ1) is 16.7. The molecule has 1 amide bonds. The Bertz CT molecular complexity index is 866. The van der Waals surface area contributed by atoms with E-state index in [9.17, 15) is 17.6 Å². The third-order valence-electron chi connectivity index (χ3n) is 2.66. The second kappa shape index (κ2) is 5.82. The Labute approximate surface area is 135 Å². The zero-order valence-corrected chi connectivity index (χ0v) is 13.6. The average Bonchev–Trinajstić information content (AvgIpc) is 2.72. The van der Waals surface area contributed by atoms with Crippen molar-refractivity contribution >= 4 is 44.9 Å². The smallest absolute Gasteiger partial charge is 0.262 e. The van der Waals surface area contributed by atoms with E-state index in [1.54, 1.807) is 0 Å². The molecule has 0 radical (unpaired) electrons. The molecule has 1 N–H and O–H groups in total. The molecule has 0 fully saturated rings.